The van der Waals surface area contributed by atoms with Gasteiger partial charge in [-0.15, -0.1) is 0 Å². The molecule has 0 aliphatic rings. The third-order valence-electron chi connectivity index (χ3n) is 3.28. The second-order valence-corrected chi connectivity index (χ2v) is 4.98. The molecule has 3 aromatic rings. The van der Waals surface area contributed by atoms with Gasteiger partial charge in [-0.3, -0.25) is 4.98 Å². The molecule has 4 nitrogen and oxygen atoms in total. The molecule has 2 aromatic carbocycles. The SMILES string of the molecule is O=C(OCc1ccccc1F)c1ccc(Oc2cccnc2)cc1. The Labute approximate surface area is 138 Å². The quantitative estimate of drug-likeness (QED) is 0.654. The zero-order valence-corrected chi connectivity index (χ0v) is 12.7. The Kier molecular flexibility index (Phi) is 4.81. The van der Waals surface area contributed by atoms with E-state index in [9.17, 15) is 9.18 Å². The topological polar surface area (TPSA) is 48.4 Å². The molecular formula is C19H14FNO3. The molecule has 0 N–H and O–H groups in total. The van der Waals surface area contributed by atoms with E-state index in [-0.39, 0.29) is 6.61 Å². The summed E-state index contributed by atoms with van der Waals surface area (Å²) in [6, 6.07) is 16.2. The van der Waals surface area contributed by atoms with Gasteiger partial charge in [-0.1, -0.05) is 18.2 Å². The van der Waals surface area contributed by atoms with E-state index in [1.165, 1.54) is 6.07 Å². The molecule has 0 aliphatic carbocycles. The van der Waals surface area contributed by atoms with Crippen molar-refractivity contribution in [2.75, 3.05) is 0 Å². The minimum absolute atomic E-state index is 0.112. The van der Waals surface area contributed by atoms with Gasteiger partial charge in [0.2, 0.25) is 0 Å². The standard InChI is InChI=1S/C19H14FNO3/c20-18-6-2-1-4-15(18)13-23-19(22)14-7-9-16(10-8-14)24-17-5-3-11-21-12-17/h1-12H,13H2. The average molecular weight is 323 g/mol. The summed E-state index contributed by atoms with van der Waals surface area (Å²) in [6.45, 7) is -0.112. The number of pyridine rings is 1. The van der Waals surface area contributed by atoms with E-state index in [1.54, 1.807) is 67.0 Å². The van der Waals surface area contributed by atoms with Crippen molar-refractivity contribution < 1.29 is 18.7 Å². The van der Waals surface area contributed by atoms with Gasteiger partial charge in [-0.05, 0) is 42.5 Å². The Balaban J connectivity index is 1.61. The summed E-state index contributed by atoms with van der Waals surface area (Å²) in [5.41, 5.74) is 0.701. The third kappa shape index (κ3) is 3.95. The molecule has 0 radical (unpaired) electrons. The number of rotatable bonds is 5. The maximum absolute atomic E-state index is 13.5. The van der Waals surface area contributed by atoms with Gasteiger partial charge < -0.3 is 9.47 Å². The summed E-state index contributed by atoms with van der Waals surface area (Å²) < 4.78 is 24.2. The van der Waals surface area contributed by atoms with Crippen molar-refractivity contribution in [3.63, 3.8) is 0 Å². The Morgan fingerprint density at radius 3 is 2.46 bits per heavy atom. The summed E-state index contributed by atoms with van der Waals surface area (Å²) in [5, 5.41) is 0. The molecule has 0 saturated heterocycles. The molecule has 1 aromatic heterocycles. The lowest BCUT2D eigenvalue weighted by atomic mass is 10.2. The van der Waals surface area contributed by atoms with Crippen molar-refractivity contribution in [3.8, 4) is 11.5 Å². The molecule has 0 bridgehead atoms. The molecule has 3 rings (SSSR count). The largest absolute Gasteiger partial charge is 0.457 e. The monoisotopic (exact) mass is 323 g/mol. The highest BCUT2D eigenvalue weighted by atomic mass is 19.1. The molecule has 0 atom stereocenters. The molecule has 0 aliphatic heterocycles. The zero-order chi connectivity index (χ0) is 16.8. The van der Waals surface area contributed by atoms with Crippen LogP contribution in [0.4, 0.5) is 4.39 Å². The van der Waals surface area contributed by atoms with Gasteiger partial charge in [0.15, 0.2) is 0 Å². The molecular weight excluding hydrogens is 309 g/mol. The van der Waals surface area contributed by atoms with Gasteiger partial charge in [-0.2, -0.15) is 0 Å². The third-order valence-corrected chi connectivity index (χ3v) is 3.28. The number of nitrogens with zero attached hydrogens (tertiary/aromatic N) is 1. The van der Waals surface area contributed by atoms with Crippen molar-refractivity contribution in [2.45, 2.75) is 6.61 Å². The number of esters is 1. The first-order valence-electron chi connectivity index (χ1n) is 7.31. The minimum Gasteiger partial charge on any atom is -0.457 e. The van der Waals surface area contributed by atoms with Gasteiger partial charge in [0.1, 0.15) is 23.9 Å². The first kappa shape index (κ1) is 15.7. The van der Waals surface area contributed by atoms with Crippen LogP contribution in [0.1, 0.15) is 15.9 Å². The zero-order valence-electron chi connectivity index (χ0n) is 12.7. The van der Waals surface area contributed by atoms with Crippen LogP contribution < -0.4 is 4.74 Å². The number of halogens is 1. The number of benzene rings is 2. The van der Waals surface area contributed by atoms with Crippen molar-refractivity contribution >= 4 is 5.97 Å². The second-order valence-electron chi connectivity index (χ2n) is 4.98. The van der Waals surface area contributed by atoms with E-state index in [2.05, 4.69) is 4.98 Å². The van der Waals surface area contributed by atoms with Crippen molar-refractivity contribution in [2.24, 2.45) is 0 Å². The predicted molar refractivity (Wildman–Crippen MR) is 86.3 cm³/mol. The second kappa shape index (κ2) is 7.37. The van der Waals surface area contributed by atoms with Crippen LogP contribution in [0.3, 0.4) is 0 Å². The lowest BCUT2D eigenvalue weighted by Gasteiger charge is -2.07. The number of hydrogen-bond acceptors (Lipinski definition) is 4. The summed E-state index contributed by atoms with van der Waals surface area (Å²) >= 11 is 0. The number of aromatic nitrogens is 1. The first-order valence-corrected chi connectivity index (χ1v) is 7.31. The normalized spacial score (nSPS) is 10.2. The highest BCUT2D eigenvalue weighted by Crippen LogP contribution is 2.21. The fourth-order valence-electron chi connectivity index (χ4n) is 2.04. The lowest BCUT2D eigenvalue weighted by molar-refractivity contribution is 0.0469. The summed E-state index contributed by atoms with van der Waals surface area (Å²) in [6.07, 6.45) is 3.25. The van der Waals surface area contributed by atoms with Crippen LogP contribution in [0.15, 0.2) is 73.1 Å². The van der Waals surface area contributed by atoms with Crippen LogP contribution in [0.5, 0.6) is 11.5 Å². The van der Waals surface area contributed by atoms with Crippen LogP contribution in [0.2, 0.25) is 0 Å². The van der Waals surface area contributed by atoms with Crippen LogP contribution >= 0.6 is 0 Å². The molecule has 0 unspecified atom stereocenters. The van der Waals surface area contributed by atoms with Gasteiger partial charge in [-0.25, -0.2) is 9.18 Å². The molecule has 1 heterocycles. The molecule has 120 valence electrons. The Morgan fingerprint density at radius 1 is 0.958 bits per heavy atom. The van der Waals surface area contributed by atoms with Crippen LogP contribution in [0.25, 0.3) is 0 Å². The summed E-state index contributed by atoms with van der Waals surface area (Å²) in [4.78, 5) is 16.0. The summed E-state index contributed by atoms with van der Waals surface area (Å²) in [5.74, 6) is 0.262. The Hall–Kier alpha value is -3.21. The van der Waals surface area contributed by atoms with Crippen molar-refractivity contribution in [3.05, 3.63) is 90.0 Å². The number of hydrogen-bond donors (Lipinski definition) is 0. The molecule has 5 heteroatoms. The fraction of sp³-hybridized carbons (Fsp3) is 0.0526. The average Bonchev–Trinajstić information content (AvgIpc) is 2.62. The van der Waals surface area contributed by atoms with Gasteiger partial charge >= 0.3 is 5.97 Å². The molecule has 0 saturated carbocycles. The van der Waals surface area contributed by atoms with E-state index in [0.29, 0.717) is 22.6 Å². The number of ether oxygens (including phenoxy) is 2. The maximum atomic E-state index is 13.5. The lowest BCUT2D eigenvalue weighted by Crippen LogP contribution is -2.06. The highest BCUT2D eigenvalue weighted by Gasteiger charge is 2.09. The van der Waals surface area contributed by atoms with Crippen LogP contribution in [0, 0.1) is 5.82 Å². The predicted octanol–water partition coefficient (Wildman–Crippen LogP) is 4.37. The van der Waals surface area contributed by atoms with E-state index in [4.69, 9.17) is 9.47 Å². The Bertz CT molecular complexity index is 820. The molecule has 0 amide bonds. The fourth-order valence-corrected chi connectivity index (χ4v) is 2.04. The van der Waals surface area contributed by atoms with Crippen LogP contribution in [-0.4, -0.2) is 11.0 Å². The van der Waals surface area contributed by atoms with Gasteiger partial charge in [0, 0.05) is 11.8 Å². The van der Waals surface area contributed by atoms with E-state index >= 15 is 0 Å². The molecule has 24 heavy (non-hydrogen) atoms. The van der Waals surface area contributed by atoms with Gasteiger partial charge in [0.05, 0.1) is 11.8 Å². The van der Waals surface area contributed by atoms with E-state index in [1.807, 2.05) is 0 Å². The molecule has 0 spiro atoms. The maximum Gasteiger partial charge on any atom is 0.338 e. The van der Waals surface area contributed by atoms with Gasteiger partial charge in [0.25, 0.3) is 0 Å². The number of carbonyl (C=O) groups excluding carboxylic acids is 1. The summed E-state index contributed by atoms with van der Waals surface area (Å²) in [7, 11) is 0. The smallest absolute Gasteiger partial charge is 0.338 e. The van der Waals surface area contributed by atoms with E-state index < -0.39 is 11.8 Å². The van der Waals surface area contributed by atoms with Crippen LogP contribution in [-0.2, 0) is 11.3 Å². The Morgan fingerprint density at radius 2 is 1.75 bits per heavy atom. The molecule has 0 fully saturated rings. The van der Waals surface area contributed by atoms with E-state index in [0.717, 1.165) is 0 Å². The number of carbonyl (C=O) groups is 1. The van der Waals surface area contributed by atoms with Crippen molar-refractivity contribution in [1.82, 2.24) is 4.98 Å². The highest BCUT2D eigenvalue weighted by molar-refractivity contribution is 5.89. The van der Waals surface area contributed by atoms with Crippen molar-refractivity contribution in [1.29, 1.82) is 0 Å². The minimum atomic E-state index is -0.522. The first-order chi connectivity index (χ1) is 11.7.